The summed E-state index contributed by atoms with van der Waals surface area (Å²) in [6.45, 7) is 3.50. The summed E-state index contributed by atoms with van der Waals surface area (Å²) >= 11 is 0. The summed E-state index contributed by atoms with van der Waals surface area (Å²) in [5, 5.41) is 15.7. The van der Waals surface area contributed by atoms with E-state index in [1.807, 2.05) is 19.1 Å². The highest BCUT2D eigenvalue weighted by Gasteiger charge is 2.12. The fraction of sp³-hybridized carbons (Fsp3) is 0.300. The molecule has 0 radical (unpaired) electrons. The standard InChI is InChI=1S/C10H12N4O2/c1-6-3-8-11-5-12-14(8)9(4-6)13-7(2)10(15)16/h3-5,7,13H,1-2H3,(H,15,16). The number of carboxylic acids is 1. The molecule has 0 saturated carbocycles. The van der Waals surface area contributed by atoms with E-state index in [4.69, 9.17) is 5.11 Å². The number of carbonyl (C=O) groups is 1. The molecule has 2 rings (SSSR count). The summed E-state index contributed by atoms with van der Waals surface area (Å²) in [4.78, 5) is 14.8. The van der Waals surface area contributed by atoms with E-state index in [0.29, 0.717) is 11.5 Å². The topological polar surface area (TPSA) is 79.5 Å². The Morgan fingerprint density at radius 2 is 2.31 bits per heavy atom. The second-order valence-corrected chi connectivity index (χ2v) is 3.65. The van der Waals surface area contributed by atoms with Gasteiger partial charge in [0.15, 0.2) is 5.65 Å². The summed E-state index contributed by atoms with van der Waals surface area (Å²) < 4.78 is 1.58. The summed E-state index contributed by atoms with van der Waals surface area (Å²) in [5.74, 6) is -0.280. The molecule has 0 fully saturated rings. The van der Waals surface area contributed by atoms with Gasteiger partial charge in [0.05, 0.1) is 0 Å². The molecular weight excluding hydrogens is 208 g/mol. The average Bonchev–Trinajstić information content (AvgIpc) is 2.65. The fourth-order valence-electron chi connectivity index (χ4n) is 1.44. The van der Waals surface area contributed by atoms with Crippen molar-refractivity contribution in [2.24, 2.45) is 0 Å². The van der Waals surface area contributed by atoms with Crippen LogP contribution in [0.25, 0.3) is 5.65 Å². The Labute approximate surface area is 91.9 Å². The molecule has 6 nitrogen and oxygen atoms in total. The first kappa shape index (κ1) is 10.4. The number of aromatic nitrogens is 3. The molecular formula is C10H12N4O2. The normalized spacial score (nSPS) is 12.6. The van der Waals surface area contributed by atoms with Gasteiger partial charge >= 0.3 is 5.97 Å². The number of rotatable bonds is 3. The van der Waals surface area contributed by atoms with Crippen molar-refractivity contribution in [3.8, 4) is 0 Å². The second-order valence-electron chi connectivity index (χ2n) is 3.65. The molecule has 2 aromatic rings. The highest BCUT2D eigenvalue weighted by atomic mass is 16.4. The van der Waals surface area contributed by atoms with Crippen LogP contribution in [0.15, 0.2) is 18.5 Å². The summed E-state index contributed by atoms with van der Waals surface area (Å²) in [7, 11) is 0. The van der Waals surface area contributed by atoms with Crippen LogP contribution < -0.4 is 5.32 Å². The van der Waals surface area contributed by atoms with Gasteiger partial charge in [-0.3, -0.25) is 4.79 Å². The van der Waals surface area contributed by atoms with Crippen molar-refractivity contribution in [3.63, 3.8) is 0 Å². The molecule has 0 aliphatic rings. The van der Waals surface area contributed by atoms with Gasteiger partial charge in [0.2, 0.25) is 0 Å². The third-order valence-electron chi connectivity index (χ3n) is 2.26. The molecule has 2 aromatic heterocycles. The van der Waals surface area contributed by atoms with Crippen LogP contribution in [0.4, 0.5) is 5.82 Å². The predicted octanol–water partition coefficient (Wildman–Crippen LogP) is 0.923. The van der Waals surface area contributed by atoms with Crippen molar-refractivity contribution in [3.05, 3.63) is 24.0 Å². The number of carboxylic acid groups (broad SMARTS) is 1. The molecule has 2 heterocycles. The van der Waals surface area contributed by atoms with Gasteiger partial charge in [-0.05, 0) is 31.5 Å². The van der Waals surface area contributed by atoms with E-state index in [1.165, 1.54) is 6.33 Å². The Hall–Kier alpha value is -2.11. The molecule has 1 atom stereocenters. The maximum absolute atomic E-state index is 10.8. The molecule has 0 aliphatic carbocycles. The minimum atomic E-state index is -0.908. The Morgan fingerprint density at radius 3 is 3.00 bits per heavy atom. The Morgan fingerprint density at radius 1 is 1.56 bits per heavy atom. The Bertz CT molecular complexity index is 535. The molecule has 0 amide bonds. The molecule has 84 valence electrons. The van der Waals surface area contributed by atoms with E-state index >= 15 is 0 Å². The highest BCUT2D eigenvalue weighted by Crippen LogP contribution is 2.13. The van der Waals surface area contributed by atoms with Gasteiger partial charge in [-0.25, -0.2) is 4.98 Å². The lowest BCUT2D eigenvalue weighted by molar-refractivity contribution is -0.137. The highest BCUT2D eigenvalue weighted by molar-refractivity contribution is 5.76. The molecule has 0 bridgehead atoms. The van der Waals surface area contributed by atoms with E-state index in [-0.39, 0.29) is 0 Å². The van der Waals surface area contributed by atoms with E-state index in [1.54, 1.807) is 11.4 Å². The zero-order valence-corrected chi connectivity index (χ0v) is 9.01. The first-order chi connectivity index (χ1) is 7.58. The van der Waals surface area contributed by atoms with Crippen LogP contribution >= 0.6 is 0 Å². The molecule has 0 spiro atoms. The first-order valence-electron chi connectivity index (χ1n) is 4.87. The molecule has 0 aromatic carbocycles. The number of hydrogen-bond donors (Lipinski definition) is 2. The predicted molar refractivity (Wildman–Crippen MR) is 58.4 cm³/mol. The summed E-state index contributed by atoms with van der Waals surface area (Å²) in [5.41, 5.74) is 1.70. The Kier molecular flexibility index (Phi) is 2.47. The lowest BCUT2D eigenvalue weighted by Crippen LogP contribution is -2.26. The van der Waals surface area contributed by atoms with Crippen molar-refractivity contribution >= 4 is 17.4 Å². The van der Waals surface area contributed by atoms with E-state index in [9.17, 15) is 4.79 Å². The monoisotopic (exact) mass is 220 g/mol. The maximum atomic E-state index is 10.8. The minimum Gasteiger partial charge on any atom is -0.480 e. The smallest absolute Gasteiger partial charge is 0.325 e. The van der Waals surface area contributed by atoms with Crippen molar-refractivity contribution in [2.75, 3.05) is 5.32 Å². The third kappa shape index (κ3) is 1.81. The van der Waals surface area contributed by atoms with E-state index in [0.717, 1.165) is 5.56 Å². The number of aliphatic carboxylic acids is 1. The second kappa shape index (κ2) is 3.80. The van der Waals surface area contributed by atoms with Crippen LogP contribution in [0.2, 0.25) is 0 Å². The minimum absolute atomic E-state index is 0.627. The SMILES string of the molecule is Cc1cc(NC(C)C(=O)O)n2ncnc2c1. The number of fused-ring (bicyclic) bond motifs is 1. The number of nitrogens with one attached hydrogen (secondary N) is 1. The lowest BCUT2D eigenvalue weighted by Gasteiger charge is -2.12. The van der Waals surface area contributed by atoms with Crippen molar-refractivity contribution < 1.29 is 9.90 Å². The lowest BCUT2D eigenvalue weighted by atomic mass is 10.2. The molecule has 0 saturated heterocycles. The van der Waals surface area contributed by atoms with Gasteiger partial charge in [-0.1, -0.05) is 0 Å². The van der Waals surface area contributed by atoms with Crippen LogP contribution in [-0.4, -0.2) is 31.7 Å². The van der Waals surface area contributed by atoms with Crippen LogP contribution in [-0.2, 0) is 4.79 Å². The zero-order chi connectivity index (χ0) is 11.7. The number of hydrogen-bond acceptors (Lipinski definition) is 4. The quantitative estimate of drug-likeness (QED) is 0.804. The zero-order valence-electron chi connectivity index (χ0n) is 9.01. The first-order valence-corrected chi connectivity index (χ1v) is 4.87. The van der Waals surface area contributed by atoms with E-state index in [2.05, 4.69) is 15.4 Å². The van der Waals surface area contributed by atoms with Gasteiger partial charge in [-0.2, -0.15) is 9.61 Å². The summed E-state index contributed by atoms with van der Waals surface area (Å²) in [6, 6.07) is 3.04. The number of pyridine rings is 1. The number of anilines is 1. The van der Waals surface area contributed by atoms with Crippen LogP contribution in [0.3, 0.4) is 0 Å². The molecule has 1 unspecified atom stereocenters. The molecule has 0 aliphatic heterocycles. The van der Waals surface area contributed by atoms with Crippen LogP contribution in [0.1, 0.15) is 12.5 Å². The average molecular weight is 220 g/mol. The number of nitrogens with zero attached hydrogens (tertiary/aromatic N) is 3. The fourth-order valence-corrected chi connectivity index (χ4v) is 1.44. The largest absolute Gasteiger partial charge is 0.480 e. The molecule has 2 N–H and O–H groups in total. The van der Waals surface area contributed by atoms with Gasteiger partial charge in [0.25, 0.3) is 0 Å². The van der Waals surface area contributed by atoms with Crippen molar-refractivity contribution in [2.45, 2.75) is 19.9 Å². The number of aryl methyl sites for hydroxylation is 1. The van der Waals surface area contributed by atoms with Gasteiger partial charge in [0, 0.05) is 0 Å². The summed E-state index contributed by atoms with van der Waals surface area (Å²) in [6.07, 6.45) is 1.44. The maximum Gasteiger partial charge on any atom is 0.325 e. The van der Waals surface area contributed by atoms with Crippen molar-refractivity contribution in [1.82, 2.24) is 14.6 Å². The third-order valence-corrected chi connectivity index (χ3v) is 2.26. The van der Waals surface area contributed by atoms with E-state index < -0.39 is 12.0 Å². The van der Waals surface area contributed by atoms with Gasteiger partial charge < -0.3 is 10.4 Å². The van der Waals surface area contributed by atoms with Crippen molar-refractivity contribution in [1.29, 1.82) is 0 Å². The van der Waals surface area contributed by atoms with Gasteiger partial charge in [-0.15, -0.1) is 0 Å². The molecule has 6 heteroatoms. The Balaban J connectivity index is 2.42. The van der Waals surface area contributed by atoms with Crippen LogP contribution in [0.5, 0.6) is 0 Å². The van der Waals surface area contributed by atoms with Crippen LogP contribution in [0, 0.1) is 6.92 Å². The molecule has 16 heavy (non-hydrogen) atoms. The van der Waals surface area contributed by atoms with Gasteiger partial charge in [0.1, 0.15) is 18.2 Å².